The van der Waals surface area contributed by atoms with Crippen LogP contribution in [0, 0.1) is 6.92 Å². The second-order valence-electron chi connectivity index (χ2n) is 6.23. The molecule has 2 aromatic heterocycles. The fourth-order valence-electron chi connectivity index (χ4n) is 2.86. The lowest BCUT2D eigenvalue weighted by Crippen LogP contribution is -2.28. The number of carbonyl (C=O) groups excluding carboxylic acids is 2. The minimum atomic E-state index is -0.719. The van der Waals surface area contributed by atoms with Gasteiger partial charge < -0.3 is 9.47 Å². The summed E-state index contributed by atoms with van der Waals surface area (Å²) in [5, 5.41) is 0.332. The van der Waals surface area contributed by atoms with E-state index in [-0.39, 0.29) is 17.9 Å². The number of Topliss-reactive ketones (excluding diaryl/α,β-unsaturated/α-hetero) is 1. The average molecular weight is 400 g/mol. The summed E-state index contributed by atoms with van der Waals surface area (Å²) in [7, 11) is 1.52. The van der Waals surface area contributed by atoms with E-state index in [2.05, 4.69) is 4.98 Å². The topological polar surface area (TPSA) is 87.5 Å². The molecule has 0 radical (unpaired) electrons. The van der Waals surface area contributed by atoms with Gasteiger partial charge in [-0.1, -0.05) is 30.3 Å². The number of aryl methyl sites for hydroxylation is 1. The van der Waals surface area contributed by atoms with Gasteiger partial charge in [-0.05, 0) is 19.4 Å². The van der Waals surface area contributed by atoms with E-state index in [1.807, 2.05) is 6.07 Å². The van der Waals surface area contributed by atoms with Crippen LogP contribution in [0.4, 0.5) is 0 Å². The van der Waals surface area contributed by atoms with Crippen molar-refractivity contribution in [1.29, 1.82) is 0 Å². The number of aromatic nitrogens is 2. The molecule has 1 unspecified atom stereocenters. The minimum absolute atomic E-state index is 0.128. The van der Waals surface area contributed by atoms with Gasteiger partial charge in [-0.15, -0.1) is 11.3 Å². The number of hydrogen-bond acceptors (Lipinski definition) is 7. The zero-order valence-corrected chi connectivity index (χ0v) is 16.6. The van der Waals surface area contributed by atoms with Crippen LogP contribution in [0.5, 0.6) is 0 Å². The Kier molecular flexibility index (Phi) is 6.01. The van der Waals surface area contributed by atoms with Gasteiger partial charge in [-0.2, -0.15) is 0 Å². The smallest absolute Gasteiger partial charge is 0.348 e. The second-order valence-corrected chi connectivity index (χ2v) is 7.23. The lowest BCUT2D eigenvalue weighted by molar-refractivity contribution is 0.0393. The molecule has 1 atom stereocenters. The van der Waals surface area contributed by atoms with Crippen molar-refractivity contribution in [3.05, 3.63) is 63.0 Å². The zero-order valence-electron chi connectivity index (χ0n) is 15.8. The number of nitrogens with zero attached hydrogens (tertiary/aromatic N) is 2. The Morgan fingerprint density at radius 2 is 1.93 bits per heavy atom. The molecule has 1 aromatic carbocycles. The molecule has 0 saturated heterocycles. The summed E-state index contributed by atoms with van der Waals surface area (Å²) < 4.78 is 11.3. The van der Waals surface area contributed by atoms with E-state index >= 15 is 0 Å². The maximum absolute atomic E-state index is 13.0. The molecular formula is C20H20N2O5S. The SMILES string of the molecule is COCCOC(=O)c1sc2ncn(C(C)C(=O)c3ccccc3)c(=O)c2c1C. The highest BCUT2D eigenvalue weighted by molar-refractivity contribution is 7.20. The second kappa shape index (κ2) is 8.45. The van der Waals surface area contributed by atoms with E-state index in [9.17, 15) is 14.4 Å². The highest BCUT2D eigenvalue weighted by atomic mass is 32.1. The number of rotatable bonds is 7. The van der Waals surface area contributed by atoms with Crippen LogP contribution in [0.15, 0.2) is 41.5 Å². The molecule has 3 aromatic rings. The number of thiophene rings is 1. The highest BCUT2D eigenvalue weighted by Gasteiger charge is 2.24. The van der Waals surface area contributed by atoms with Crippen molar-refractivity contribution >= 4 is 33.3 Å². The summed E-state index contributed by atoms with van der Waals surface area (Å²) >= 11 is 1.10. The van der Waals surface area contributed by atoms with Crippen molar-refractivity contribution < 1.29 is 19.1 Å². The number of benzene rings is 1. The Hall–Kier alpha value is -2.84. The Labute approximate surface area is 165 Å². The third-order valence-electron chi connectivity index (χ3n) is 4.44. The molecule has 0 amide bonds. The van der Waals surface area contributed by atoms with Crippen LogP contribution in [-0.4, -0.2) is 41.6 Å². The van der Waals surface area contributed by atoms with Crippen LogP contribution in [0.2, 0.25) is 0 Å². The molecule has 0 aliphatic rings. The molecule has 0 N–H and O–H groups in total. The fraction of sp³-hybridized carbons (Fsp3) is 0.300. The van der Waals surface area contributed by atoms with Gasteiger partial charge in [0.25, 0.3) is 5.56 Å². The monoisotopic (exact) mass is 400 g/mol. The Morgan fingerprint density at radius 1 is 1.21 bits per heavy atom. The molecule has 0 aliphatic heterocycles. The largest absolute Gasteiger partial charge is 0.459 e. The van der Waals surface area contributed by atoms with Crippen LogP contribution in [0.25, 0.3) is 10.2 Å². The molecule has 0 fully saturated rings. The number of hydrogen-bond donors (Lipinski definition) is 0. The number of fused-ring (bicyclic) bond motifs is 1. The van der Waals surface area contributed by atoms with Gasteiger partial charge in [0, 0.05) is 12.7 Å². The van der Waals surface area contributed by atoms with Gasteiger partial charge in [0.15, 0.2) is 5.78 Å². The summed E-state index contributed by atoms with van der Waals surface area (Å²) in [4.78, 5) is 43.1. The van der Waals surface area contributed by atoms with Gasteiger partial charge >= 0.3 is 5.97 Å². The van der Waals surface area contributed by atoms with Crippen molar-refractivity contribution in [2.24, 2.45) is 0 Å². The summed E-state index contributed by atoms with van der Waals surface area (Å²) in [5.74, 6) is -0.701. The molecule has 28 heavy (non-hydrogen) atoms. The predicted molar refractivity (Wildman–Crippen MR) is 106 cm³/mol. The zero-order chi connectivity index (χ0) is 20.3. The van der Waals surface area contributed by atoms with Crippen molar-refractivity contribution in [2.45, 2.75) is 19.9 Å². The quantitative estimate of drug-likeness (QED) is 0.344. The standard InChI is InChI=1S/C20H20N2O5S/c1-12-15-18(28-17(12)20(25)27-10-9-26-3)21-11-22(19(15)24)13(2)16(23)14-7-5-4-6-8-14/h4-8,11,13H,9-10H2,1-3H3. The number of esters is 1. The van der Waals surface area contributed by atoms with Crippen molar-refractivity contribution in [1.82, 2.24) is 9.55 Å². The molecule has 3 rings (SSSR count). The first-order valence-corrected chi connectivity index (χ1v) is 9.53. The number of methoxy groups -OCH3 is 1. The predicted octanol–water partition coefficient (Wildman–Crippen LogP) is 3.01. The Balaban J connectivity index is 1.97. The first kappa shape index (κ1) is 19.9. The molecule has 2 heterocycles. The fourth-order valence-corrected chi connectivity index (χ4v) is 3.89. The normalized spacial score (nSPS) is 12.1. The summed E-state index contributed by atoms with van der Waals surface area (Å²) in [6.45, 7) is 3.76. The van der Waals surface area contributed by atoms with Gasteiger partial charge in [0.2, 0.25) is 0 Å². The first-order chi connectivity index (χ1) is 13.5. The van der Waals surface area contributed by atoms with Gasteiger partial charge in [0.1, 0.15) is 16.3 Å². The maximum Gasteiger partial charge on any atom is 0.348 e. The number of ketones is 1. The van der Waals surface area contributed by atoms with E-state index in [1.165, 1.54) is 18.0 Å². The average Bonchev–Trinajstić information content (AvgIpc) is 3.05. The van der Waals surface area contributed by atoms with Crippen LogP contribution in [0.3, 0.4) is 0 Å². The molecule has 0 saturated carbocycles. The van der Waals surface area contributed by atoms with Crippen LogP contribution in [-0.2, 0) is 9.47 Å². The van der Waals surface area contributed by atoms with E-state index in [0.29, 0.717) is 32.8 Å². The molecule has 0 aliphatic carbocycles. The third-order valence-corrected chi connectivity index (χ3v) is 5.62. The van der Waals surface area contributed by atoms with Gasteiger partial charge in [-0.3, -0.25) is 14.2 Å². The Morgan fingerprint density at radius 3 is 2.61 bits per heavy atom. The maximum atomic E-state index is 13.0. The highest BCUT2D eigenvalue weighted by Crippen LogP contribution is 2.28. The number of ether oxygens (including phenoxy) is 2. The molecular weight excluding hydrogens is 380 g/mol. The van der Waals surface area contributed by atoms with Crippen LogP contribution >= 0.6 is 11.3 Å². The summed E-state index contributed by atoms with van der Waals surface area (Å²) in [6, 6.07) is 8.06. The van der Waals surface area contributed by atoms with E-state index in [1.54, 1.807) is 38.1 Å². The van der Waals surface area contributed by atoms with Gasteiger partial charge in [0.05, 0.1) is 24.4 Å². The third kappa shape index (κ3) is 3.74. The van der Waals surface area contributed by atoms with Crippen molar-refractivity contribution in [3.63, 3.8) is 0 Å². The molecule has 0 bridgehead atoms. The van der Waals surface area contributed by atoms with E-state index in [0.717, 1.165) is 11.3 Å². The lowest BCUT2D eigenvalue weighted by atomic mass is 10.1. The summed E-state index contributed by atoms with van der Waals surface area (Å²) in [6.07, 6.45) is 1.35. The summed E-state index contributed by atoms with van der Waals surface area (Å²) in [5.41, 5.74) is 0.673. The van der Waals surface area contributed by atoms with Crippen LogP contribution in [0.1, 0.15) is 38.6 Å². The first-order valence-electron chi connectivity index (χ1n) is 8.71. The van der Waals surface area contributed by atoms with Crippen molar-refractivity contribution in [2.75, 3.05) is 20.3 Å². The molecule has 146 valence electrons. The number of carbonyl (C=O) groups is 2. The van der Waals surface area contributed by atoms with Crippen molar-refractivity contribution in [3.8, 4) is 0 Å². The molecule has 8 heteroatoms. The lowest BCUT2D eigenvalue weighted by Gasteiger charge is -2.13. The van der Waals surface area contributed by atoms with Gasteiger partial charge in [-0.25, -0.2) is 9.78 Å². The van der Waals surface area contributed by atoms with Crippen LogP contribution < -0.4 is 5.56 Å². The van der Waals surface area contributed by atoms with E-state index < -0.39 is 12.0 Å². The minimum Gasteiger partial charge on any atom is -0.459 e. The Bertz CT molecular complexity index is 1070. The van der Waals surface area contributed by atoms with E-state index in [4.69, 9.17) is 9.47 Å². The molecule has 7 nitrogen and oxygen atoms in total. The molecule has 0 spiro atoms.